The number of nitrogens with zero attached hydrogens (tertiary/aromatic N) is 4. The second-order valence-corrected chi connectivity index (χ2v) is 13.6. The van der Waals surface area contributed by atoms with Crippen LogP contribution in [-0.2, 0) is 0 Å². The highest BCUT2D eigenvalue weighted by Gasteiger charge is 2.21. The van der Waals surface area contributed by atoms with Crippen LogP contribution >= 0.6 is 0 Å². The van der Waals surface area contributed by atoms with Crippen molar-refractivity contribution in [1.82, 2.24) is 19.5 Å². The standard InChI is InChI=1S/C47H26N4O3/c1-2-10-31-27(9-1)23-34(33-12-4-3-11-32(31)33)28-17-20-39-44(26-28)53-46(49-39)30-19-22-41-36(25-30)35-24-29(45-48-37-13-5-7-15-42(37)52-45)18-21-40(35)51(41)47-50-38-14-6-8-16-43(38)54-47/h1-26H. The summed E-state index contributed by atoms with van der Waals surface area (Å²) in [7, 11) is 0. The lowest BCUT2D eigenvalue weighted by Gasteiger charge is -2.10. The predicted octanol–water partition coefficient (Wildman–Crippen LogP) is 12.5. The van der Waals surface area contributed by atoms with Gasteiger partial charge in [-0.05, 0) is 112 Å². The smallest absolute Gasteiger partial charge is 0.307 e. The van der Waals surface area contributed by atoms with Crippen molar-refractivity contribution in [1.29, 1.82) is 0 Å². The number of oxazole rings is 3. The molecule has 8 aromatic carbocycles. The molecule has 0 unspecified atom stereocenters. The number of benzene rings is 8. The average molecular weight is 695 g/mol. The highest BCUT2D eigenvalue weighted by molar-refractivity contribution is 6.14. The molecule has 4 heterocycles. The minimum atomic E-state index is 0.495. The van der Waals surface area contributed by atoms with Crippen molar-refractivity contribution < 1.29 is 13.3 Å². The Morgan fingerprint density at radius 2 is 0.926 bits per heavy atom. The van der Waals surface area contributed by atoms with Crippen molar-refractivity contribution in [3.63, 3.8) is 0 Å². The van der Waals surface area contributed by atoms with Crippen LogP contribution in [0.25, 0.3) is 117 Å². The highest BCUT2D eigenvalue weighted by atomic mass is 16.4. The Bertz CT molecular complexity index is 3410. The van der Waals surface area contributed by atoms with E-state index in [1.807, 2.05) is 66.7 Å². The fraction of sp³-hybridized carbons (Fsp3) is 0. The first-order valence-corrected chi connectivity index (χ1v) is 17.8. The Balaban J connectivity index is 1.03. The Labute approximate surface area is 306 Å². The fourth-order valence-electron chi connectivity index (χ4n) is 7.96. The van der Waals surface area contributed by atoms with Crippen LogP contribution in [0.2, 0.25) is 0 Å². The fourth-order valence-corrected chi connectivity index (χ4v) is 7.96. The summed E-state index contributed by atoms with van der Waals surface area (Å²) in [5.74, 6) is 1.11. The monoisotopic (exact) mass is 694 g/mol. The van der Waals surface area contributed by atoms with Crippen LogP contribution in [0.4, 0.5) is 0 Å². The number of aromatic nitrogens is 4. The first kappa shape index (κ1) is 29.1. The van der Waals surface area contributed by atoms with Crippen molar-refractivity contribution in [2.24, 2.45) is 0 Å². The molecule has 12 rings (SSSR count). The molecule has 0 spiro atoms. The number of hydrogen-bond donors (Lipinski definition) is 0. The molecule has 252 valence electrons. The highest BCUT2D eigenvalue weighted by Crippen LogP contribution is 2.40. The number of hydrogen-bond acceptors (Lipinski definition) is 6. The van der Waals surface area contributed by atoms with E-state index in [4.69, 9.17) is 28.2 Å². The molecular weight excluding hydrogens is 669 g/mol. The van der Waals surface area contributed by atoms with Gasteiger partial charge in [0.05, 0.1) is 11.0 Å². The van der Waals surface area contributed by atoms with E-state index in [1.54, 1.807) is 0 Å². The molecule has 0 aliphatic carbocycles. The van der Waals surface area contributed by atoms with Gasteiger partial charge in [0.1, 0.15) is 16.6 Å². The van der Waals surface area contributed by atoms with Crippen LogP contribution < -0.4 is 0 Å². The van der Waals surface area contributed by atoms with Gasteiger partial charge in [-0.25, -0.2) is 9.97 Å². The molecule has 0 aliphatic heterocycles. The van der Waals surface area contributed by atoms with E-state index in [2.05, 4.69) is 95.6 Å². The van der Waals surface area contributed by atoms with Gasteiger partial charge < -0.3 is 13.3 Å². The second kappa shape index (κ2) is 11.0. The van der Waals surface area contributed by atoms with Gasteiger partial charge in [0.25, 0.3) is 0 Å². The zero-order chi connectivity index (χ0) is 35.3. The van der Waals surface area contributed by atoms with Gasteiger partial charge in [-0.15, -0.1) is 0 Å². The molecule has 7 nitrogen and oxygen atoms in total. The summed E-state index contributed by atoms with van der Waals surface area (Å²) in [6, 6.07) is 54.3. The Morgan fingerprint density at radius 3 is 1.63 bits per heavy atom. The third-order valence-corrected chi connectivity index (χ3v) is 10.5. The van der Waals surface area contributed by atoms with Gasteiger partial charge in [0.2, 0.25) is 11.8 Å². The van der Waals surface area contributed by atoms with E-state index in [0.717, 1.165) is 77.4 Å². The van der Waals surface area contributed by atoms with Gasteiger partial charge in [-0.1, -0.05) is 78.9 Å². The summed E-state index contributed by atoms with van der Waals surface area (Å²) in [6.07, 6.45) is 0. The summed E-state index contributed by atoms with van der Waals surface area (Å²) >= 11 is 0. The molecule has 0 aliphatic rings. The minimum Gasteiger partial charge on any atom is -0.436 e. The third-order valence-electron chi connectivity index (χ3n) is 10.5. The quantitative estimate of drug-likeness (QED) is 0.171. The molecule has 0 fully saturated rings. The molecule has 0 saturated heterocycles. The molecule has 0 atom stereocenters. The number of para-hydroxylation sites is 4. The van der Waals surface area contributed by atoms with Crippen LogP contribution in [0.5, 0.6) is 0 Å². The maximum atomic E-state index is 6.56. The SMILES string of the molecule is c1ccc2c(c1)cc(-c1ccc3nc(-c4ccc5c(c4)c4cc(-c6nc7ccccc7o6)ccc4n5-c4nc5ccccc5o4)oc3c1)c1ccccc12. The van der Waals surface area contributed by atoms with Crippen LogP contribution in [0, 0.1) is 0 Å². The predicted molar refractivity (Wildman–Crippen MR) is 215 cm³/mol. The summed E-state index contributed by atoms with van der Waals surface area (Å²) in [4.78, 5) is 14.6. The molecule has 0 amide bonds. The van der Waals surface area contributed by atoms with Gasteiger partial charge in [0.15, 0.2) is 16.7 Å². The second-order valence-electron chi connectivity index (χ2n) is 13.6. The summed E-state index contributed by atoms with van der Waals surface area (Å²) in [6.45, 7) is 0. The number of fused-ring (bicyclic) bond motifs is 9. The number of rotatable bonds is 4. The lowest BCUT2D eigenvalue weighted by molar-refractivity contribution is 0.574. The molecule has 54 heavy (non-hydrogen) atoms. The zero-order valence-corrected chi connectivity index (χ0v) is 28.5. The van der Waals surface area contributed by atoms with Gasteiger partial charge in [-0.2, -0.15) is 4.98 Å². The van der Waals surface area contributed by atoms with Crippen molar-refractivity contribution in [2.45, 2.75) is 0 Å². The molecule has 0 N–H and O–H groups in total. The van der Waals surface area contributed by atoms with Crippen molar-refractivity contribution in [3.05, 3.63) is 158 Å². The first-order chi connectivity index (χ1) is 26.7. The van der Waals surface area contributed by atoms with Gasteiger partial charge >= 0.3 is 6.01 Å². The van der Waals surface area contributed by atoms with Gasteiger partial charge in [0, 0.05) is 21.9 Å². The topological polar surface area (TPSA) is 83.0 Å². The van der Waals surface area contributed by atoms with E-state index < -0.39 is 0 Å². The molecule has 4 aromatic heterocycles. The summed E-state index contributed by atoms with van der Waals surface area (Å²) in [5.41, 5.74) is 10.5. The minimum absolute atomic E-state index is 0.495. The van der Waals surface area contributed by atoms with Crippen LogP contribution in [0.15, 0.2) is 171 Å². The van der Waals surface area contributed by atoms with Gasteiger partial charge in [-0.3, -0.25) is 4.57 Å². The molecule has 0 bridgehead atoms. The van der Waals surface area contributed by atoms with E-state index >= 15 is 0 Å². The third kappa shape index (κ3) is 4.32. The lowest BCUT2D eigenvalue weighted by atomic mass is 9.93. The largest absolute Gasteiger partial charge is 0.436 e. The van der Waals surface area contributed by atoms with Crippen molar-refractivity contribution >= 4 is 76.6 Å². The average Bonchev–Trinajstić information content (AvgIpc) is 4.02. The first-order valence-electron chi connectivity index (χ1n) is 17.8. The normalized spacial score (nSPS) is 12.1. The maximum absolute atomic E-state index is 6.56. The van der Waals surface area contributed by atoms with E-state index in [9.17, 15) is 0 Å². The lowest BCUT2D eigenvalue weighted by Crippen LogP contribution is -1.93. The van der Waals surface area contributed by atoms with Crippen LogP contribution in [-0.4, -0.2) is 19.5 Å². The van der Waals surface area contributed by atoms with E-state index in [-0.39, 0.29) is 0 Å². The van der Waals surface area contributed by atoms with Crippen molar-refractivity contribution in [3.8, 4) is 40.0 Å². The van der Waals surface area contributed by atoms with E-state index in [1.165, 1.54) is 21.5 Å². The maximum Gasteiger partial charge on any atom is 0.307 e. The van der Waals surface area contributed by atoms with Crippen LogP contribution in [0.3, 0.4) is 0 Å². The Kier molecular flexibility index (Phi) is 5.93. The van der Waals surface area contributed by atoms with Crippen LogP contribution in [0.1, 0.15) is 0 Å². The van der Waals surface area contributed by atoms with Crippen molar-refractivity contribution in [2.75, 3.05) is 0 Å². The zero-order valence-electron chi connectivity index (χ0n) is 28.5. The molecule has 12 aromatic rings. The molecule has 0 saturated carbocycles. The summed E-state index contributed by atoms with van der Waals surface area (Å²) in [5, 5.41) is 6.87. The summed E-state index contributed by atoms with van der Waals surface area (Å²) < 4.78 is 21.1. The Hall–Kier alpha value is -7.51. The Morgan fingerprint density at radius 1 is 0.370 bits per heavy atom. The molecular formula is C47H26N4O3. The van der Waals surface area contributed by atoms with E-state index in [0.29, 0.717) is 17.8 Å². The molecule has 0 radical (unpaired) electrons. The molecule has 7 heteroatoms.